The lowest BCUT2D eigenvalue weighted by Gasteiger charge is -2.17. The number of nitrogens with zero attached hydrogens (tertiary/aromatic N) is 1. The van der Waals surface area contributed by atoms with Crippen LogP contribution in [-0.4, -0.2) is 45.9 Å². The van der Waals surface area contributed by atoms with Crippen molar-refractivity contribution in [2.24, 2.45) is 0 Å². The Labute approximate surface area is 184 Å². The zero-order valence-electron chi connectivity index (χ0n) is 18.0. The van der Waals surface area contributed by atoms with Crippen molar-refractivity contribution in [1.29, 1.82) is 0 Å². The maximum Gasteiger partial charge on any atom is 0.338 e. The van der Waals surface area contributed by atoms with Gasteiger partial charge in [0.1, 0.15) is 0 Å². The van der Waals surface area contributed by atoms with Gasteiger partial charge in [-0.1, -0.05) is 0 Å². The van der Waals surface area contributed by atoms with Crippen molar-refractivity contribution in [3.63, 3.8) is 0 Å². The summed E-state index contributed by atoms with van der Waals surface area (Å²) in [5.41, 5.74) is -1.10. The summed E-state index contributed by atoms with van der Waals surface area (Å²) in [4.78, 5) is 34.6. The van der Waals surface area contributed by atoms with Gasteiger partial charge in [-0.05, 0) is 39.0 Å². The highest BCUT2D eigenvalue weighted by molar-refractivity contribution is 7.92. The van der Waals surface area contributed by atoms with Gasteiger partial charge in [0, 0.05) is 11.6 Å². The van der Waals surface area contributed by atoms with Gasteiger partial charge in [0.15, 0.2) is 17.3 Å². The molecule has 0 heterocycles. The first-order chi connectivity index (χ1) is 15.0. The van der Waals surface area contributed by atoms with Crippen molar-refractivity contribution >= 4 is 33.2 Å². The van der Waals surface area contributed by atoms with Crippen LogP contribution in [0.4, 0.5) is 11.4 Å². The Morgan fingerprint density at radius 2 is 1.81 bits per heavy atom. The van der Waals surface area contributed by atoms with Crippen LogP contribution in [0.25, 0.3) is 0 Å². The van der Waals surface area contributed by atoms with Crippen LogP contribution in [0.15, 0.2) is 29.2 Å². The molecule has 2 aromatic rings. The molecule has 0 fully saturated rings. The molecule has 0 saturated heterocycles. The molecule has 0 saturated carbocycles. The summed E-state index contributed by atoms with van der Waals surface area (Å²) in [6.45, 7) is 4.07. The Morgan fingerprint density at radius 3 is 2.31 bits per heavy atom. The van der Waals surface area contributed by atoms with Crippen molar-refractivity contribution in [2.75, 3.05) is 25.5 Å². The van der Waals surface area contributed by atoms with Gasteiger partial charge in [0.2, 0.25) is 0 Å². The molecule has 0 aliphatic heterocycles. The van der Waals surface area contributed by atoms with E-state index < -0.39 is 37.3 Å². The highest BCUT2D eigenvalue weighted by Crippen LogP contribution is 2.37. The first kappa shape index (κ1) is 24.6. The molecule has 0 aliphatic carbocycles. The van der Waals surface area contributed by atoms with Crippen LogP contribution < -0.4 is 14.2 Å². The Hall–Kier alpha value is -3.67. The number of esters is 1. The minimum Gasteiger partial charge on any atom is -0.493 e. The molecule has 172 valence electrons. The highest BCUT2D eigenvalue weighted by atomic mass is 32.2. The van der Waals surface area contributed by atoms with Gasteiger partial charge < -0.3 is 14.2 Å². The second-order valence-electron chi connectivity index (χ2n) is 6.48. The maximum atomic E-state index is 13.1. The van der Waals surface area contributed by atoms with E-state index in [1.54, 1.807) is 6.92 Å². The molecule has 0 atom stereocenters. The number of rotatable bonds is 9. The Balaban J connectivity index is 2.69. The zero-order valence-corrected chi connectivity index (χ0v) is 18.9. The van der Waals surface area contributed by atoms with Gasteiger partial charge in [0.05, 0.1) is 47.5 Å². The number of hydrogen-bond acceptors (Lipinski definition) is 9. The van der Waals surface area contributed by atoms with Crippen LogP contribution in [0, 0.1) is 17.0 Å². The van der Waals surface area contributed by atoms with Gasteiger partial charge in [-0.3, -0.25) is 19.6 Å². The summed E-state index contributed by atoms with van der Waals surface area (Å²) in [5.74, 6) is -1.19. The number of nitrogens with one attached hydrogen (secondary N) is 1. The monoisotopic (exact) mass is 466 g/mol. The number of nitro groups is 1. The van der Waals surface area contributed by atoms with Gasteiger partial charge in [-0.15, -0.1) is 0 Å². The molecule has 0 bridgehead atoms. The second-order valence-corrected chi connectivity index (χ2v) is 8.16. The fourth-order valence-corrected chi connectivity index (χ4v) is 4.12. The highest BCUT2D eigenvalue weighted by Gasteiger charge is 2.28. The fourth-order valence-electron chi connectivity index (χ4n) is 3.00. The summed E-state index contributed by atoms with van der Waals surface area (Å²) >= 11 is 0. The first-order valence-electron chi connectivity index (χ1n) is 9.23. The Morgan fingerprint density at radius 1 is 1.16 bits per heavy atom. The smallest absolute Gasteiger partial charge is 0.338 e. The molecule has 0 amide bonds. The summed E-state index contributed by atoms with van der Waals surface area (Å²) < 4.78 is 43.6. The number of carbonyl (C=O) groups excluding carboxylic acids is 2. The van der Waals surface area contributed by atoms with Gasteiger partial charge in [0.25, 0.3) is 15.7 Å². The molecular formula is C20H22N2O9S. The van der Waals surface area contributed by atoms with Gasteiger partial charge in [-0.2, -0.15) is 0 Å². The SMILES string of the molecule is CCOC(=O)c1cc(S(=O)(=O)Nc2ccc(OC)c(OC)c2C(C)=O)cc([N+](=O)[O-])c1C. The quantitative estimate of drug-likeness (QED) is 0.254. The number of benzene rings is 2. The van der Waals surface area contributed by atoms with Crippen LogP contribution in [0.2, 0.25) is 0 Å². The largest absolute Gasteiger partial charge is 0.493 e. The molecule has 0 aliphatic rings. The first-order valence-corrected chi connectivity index (χ1v) is 10.7. The van der Waals surface area contributed by atoms with Crippen LogP contribution in [0.3, 0.4) is 0 Å². The van der Waals surface area contributed by atoms with E-state index in [1.807, 2.05) is 0 Å². The predicted octanol–water partition coefficient (Wildman–Crippen LogP) is 3.10. The molecule has 1 N–H and O–H groups in total. The number of Topliss-reactive ketones (excluding diaryl/α,β-unsaturated/α-hetero) is 1. The second kappa shape index (κ2) is 9.64. The lowest BCUT2D eigenvalue weighted by molar-refractivity contribution is -0.385. The van der Waals surface area contributed by atoms with Crippen molar-refractivity contribution in [1.82, 2.24) is 0 Å². The predicted molar refractivity (Wildman–Crippen MR) is 114 cm³/mol. The lowest BCUT2D eigenvalue weighted by Crippen LogP contribution is -2.18. The van der Waals surface area contributed by atoms with E-state index in [4.69, 9.17) is 14.2 Å². The van der Waals surface area contributed by atoms with Crippen LogP contribution in [-0.2, 0) is 14.8 Å². The van der Waals surface area contributed by atoms with E-state index in [9.17, 15) is 28.1 Å². The number of hydrogen-bond donors (Lipinski definition) is 1. The molecule has 11 nitrogen and oxygen atoms in total. The van der Waals surface area contributed by atoms with Gasteiger partial charge in [-0.25, -0.2) is 13.2 Å². The normalized spacial score (nSPS) is 10.9. The minimum atomic E-state index is -4.47. The number of sulfonamides is 1. The van der Waals surface area contributed by atoms with Crippen LogP contribution >= 0.6 is 0 Å². The Kier molecular flexibility index (Phi) is 7.41. The molecule has 0 spiro atoms. The molecule has 0 radical (unpaired) electrons. The molecule has 32 heavy (non-hydrogen) atoms. The van der Waals surface area contributed by atoms with Gasteiger partial charge >= 0.3 is 5.97 Å². The van der Waals surface area contributed by atoms with Crippen LogP contribution in [0.1, 0.15) is 40.1 Å². The summed E-state index contributed by atoms with van der Waals surface area (Å²) in [6, 6.07) is 4.50. The number of ketones is 1. The van der Waals surface area contributed by atoms with E-state index in [2.05, 4.69) is 4.72 Å². The molecule has 0 unspecified atom stereocenters. The molecular weight excluding hydrogens is 444 g/mol. The summed E-state index contributed by atoms with van der Waals surface area (Å²) in [7, 11) is -1.82. The number of anilines is 1. The summed E-state index contributed by atoms with van der Waals surface area (Å²) in [6.07, 6.45) is 0. The van der Waals surface area contributed by atoms with E-state index in [1.165, 1.54) is 40.2 Å². The Bertz CT molecular complexity index is 1190. The topological polar surface area (TPSA) is 151 Å². The average molecular weight is 466 g/mol. The van der Waals surface area contributed by atoms with E-state index in [-0.39, 0.29) is 40.5 Å². The standard InChI is InChI=1S/C20H22N2O9S/c1-6-31-20(24)14-9-13(10-16(11(14)2)22(25)26)32(27,28)21-15-7-8-17(29-4)19(30-5)18(15)12(3)23/h7-10,21H,6H2,1-5H3. The molecule has 0 aromatic heterocycles. The lowest BCUT2D eigenvalue weighted by atomic mass is 10.1. The fraction of sp³-hybridized carbons (Fsp3) is 0.300. The third-order valence-corrected chi connectivity index (χ3v) is 5.84. The summed E-state index contributed by atoms with van der Waals surface area (Å²) in [5, 5.41) is 11.5. The van der Waals surface area contributed by atoms with Crippen LogP contribution in [0.5, 0.6) is 11.5 Å². The number of nitro benzene ring substituents is 1. The zero-order chi connectivity index (χ0) is 24.2. The average Bonchev–Trinajstić information content (AvgIpc) is 2.72. The minimum absolute atomic E-state index is 0.00505. The number of methoxy groups -OCH3 is 2. The maximum absolute atomic E-state index is 13.1. The van der Waals surface area contributed by atoms with E-state index in [0.717, 1.165) is 12.1 Å². The number of carbonyl (C=O) groups is 2. The van der Waals surface area contributed by atoms with E-state index in [0.29, 0.717) is 0 Å². The molecule has 2 rings (SSSR count). The van der Waals surface area contributed by atoms with Crippen molar-refractivity contribution < 1.29 is 37.1 Å². The van der Waals surface area contributed by atoms with Crippen molar-refractivity contribution in [3.8, 4) is 11.5 Å². The number of ether oxygens (including phenoxy) is 3. The van der Waals surface area contributed by atoms with Crippen molar-refractivity contribution in [3.05, 3.63) is 51.1 Å². The third kappa shape index (κ3) is 4.80. The molecule has 12 heteroatoms. The third-order valence-electron chi connectivity index (χ3n) is 4.50. The molecule has 2 aromatic carbocycles. The van der Waals surface area contributed by atoms with Crippen molar-refractivity contribution in [2.45, 2.75) is 25.7 Å². The van der Waals surface area contributed by atoms with E-state index >= 15 is 0 Å².